The van der Waals surface area contributed by atoms with Gasteiger partial charge in [0.1, 0.15) is 0 Å². The van der Waals surface area contributed by atoms with Gasteiger partial charge in [-0.15, -0.1) is 0 Å². The highest BCUT2D eigenvalue weighted by Crippen LogP contribution is 2.20. The summed E-state index contributed by atoms with van der Waals surface area (Å²) >= 11 is 9.37. The molecule has 7 heteroatoms. The first kappa shape index (κ1) is 19.4. The summed E-state index contributed by atoms with van der Waals surface area (Å²) in [5.41, 5.74) is 1.25. The highest BCUT2D eigenvalue weighted by molar-refractivity contribution is 9.10. The molecule has 2 N–H and O–H groups in total. The number of rotatable bonds is 6. The lowest BCUT2D eigenvalue weighted by Crippen LogP contribution is -2.43. The predicted molar refractivity (Wildman–Crippen MR) is 105 cm³/mol. The second kappa shape index (κ2) is 8.99. The Morgan fingerprint density at radius 3 is 2.40 bits per heavy atom. The zero-order chi connectivity index (χ0) is 18.4. The van der Waals surface area contributed by atoms with E-state index in [1.807, 2.05) is 12.1 Å². The van der Waals surface area contributed by atoms with E-state index in [4.69, 9.17) is 11.6 Å². The minimum Gasteiger partial charge on any atom is -0.325 e. The Labute approximate surface area is 160 Å². The molecule has 0 saturated carbocycles. The summed E-state index contributed by atoms with van der Waals surface area (Å²) in [7, 11) is 1.72. The van der Waals surface area contributed by atoms with Crippen molar-refractivity contribution in [3.05, 3.63) is 58.0 Å². The van der Waals surface area contributed by atoms with Gasteiger partial charge >= 0.3 is 0 Å². The van der Waals surface area contributed by atoms with Gasteiger partial charge in [0.25, 0.3) is 0 Å². The van der Waals surface area contributed by atoms with Gasteiger partial charge in [-0.2, -0.15) is 0 Å². The Bertz CT molecular complexity index is 752. The number of nitrogens with one attached hydrogen (secondary N) is 2. The summed E-state index contributed by atoms with van der Waals surface area (Å²) in [5, 5.41) is 6.04. The van der Waals surface area contributed by atoms with Crippen LogP contribution in [0.5, 0.6) is 0 Å². The monoisotopic (exact) mass is 423 g/mol. The molecule has 25 heavy (non-hydrogen) atoms. The van der Waals surface area contributed by atoms with Crippen LogP contribution in [0.4, 0.5) is 11.4 Å². The maximum atomic E-state index is 12.3. The topological polar surface area (TPSA) is 61.4 Å². The molecule has 0 aliphatic rings. The minimum atomic E-state index is -0.472. The van der Waals surface area contributed by atoms with E-state index in [9.17, 15) is 9.59 Å². The van der Waals surface area contributed by atoms with Crippen molar-refractivity contribution in [2.24, 2.45) is 0 Å². The van der Waals surface area contributed by atoms with Gasteiger partial charge in [0.2, 0.25) is 11.8 Å². The molecule has 0 radical (unpaired) electrons. The number of carbonyl (C=O) groups is 2. The zero-order valence-electron chi connectivity index (χ0n) is 13.9. The van der Waals surface area contributed by atoms with Crippen molar-refractivity contribution in [2.45, 2.75) is 13.0 Å². The Morgan fingerprint density at radius 1 is 1.12 bits per heavy atom. The zero-order valence-corrected chi connectivity index (χ0v) is 16.3. The van der Waals surface area contributed by atoms with Gasteiger partial charge < -0.3 is 10.6 Å². The van der Waals surface area contributed by atoms with Crippen LogP contribution in [0.3, 0.4) is 0 Å². The Morgan fingerprint density at radius 2 is 1.76 bits per heavy atom. The summed E-state index contributed by atoms with van der Waals surface area (Å²) in [6.45, 7) is 1.82. The fourth-order valence-electron chi connectivity index (χ4n) is 2.10. The fourth-order valence-corrected chi connectivity index (χ4v) is 2.54. The smallest absolute Gasteiger partial charge is 0.241 e. The van der Waals surface area contributed by atoms with E-state index in [0.717, 1.165) is 4.47 Å². The van der Waals surface area contributed by atoms with Crippen molar-refractivity contribution in [3.8, 4) is 0 Å². The summed E-state index contributed by atoms with van der Waals surface area (Å²) < 4.78 is 0.937. The molecule has 2 rings (SSSR count). The SMILES string of the molecule is C[C@H](C(=O)Nc1ccc(Br)cc1)N(C)CC(=O)Nc1ccccc1Cl. The quantitative estimate of drug-likeness (QED) is 0.737. The van der Waals surface area contributed by atoms with E-state index in [1.54, 1.807) is 55.3 Å². The molecule has 0 spiro atoms. The van der Waals surface area contributed by atoms with E-state index >= 15 is 0 Å². The van der Waals surface area contributed by atoms with Crippen molar-refractivity contribution < 1.29 is 9.59 Å². The Balaban J connectivity index is 1.89. The van der Waals surface area contributed by atoms with Crippen molar-refractivity contribution in [1.82, 2.24) is 4.90 Å². The lowest BCUT2D eigenvalue weighted by molar-refractivity contribution is -0.122. The van der Waals surface area contributed by atoms with Crippen LogP contribution in [0.2, 0.25) is 5.02 Å². The van der Waals surface area contributed by atoms with Crippen molar-refractivity contribution >= 4 is 50.7 Å². The molecular weight excluding hydrogens is 406 g/mol. The van der Waals surface area contributed by atoms with Crippen molar-refractivity contribution in [1.29, 1.82) is 0 Å². The number of para-hydroxylation sites is 1. The average molecular weight is 425 g/mol. The number of nitrogens with zero attached hydrogens (tertiary/aromatic N) is 1. The number of carbonyl (C=O) groups excluding carboxylic acids is 2. The first-order valence-corrected chi connectivity index (χ1v) is 8.85. The highest BCUT2D eigenvalue weighted by Gasteiger charge is 2.20. The van der Waals surface area contributed by atoms with Crippen LogP contribution < -0.4 is 10.6 Å². The third-order valence-corrected chi connectivity index (χ3v) is 4.55. The third kappa shape index (κ3) is 5.85. The molecule has 0 aromatic heterocycles. The lowest BCUT2D eigenvalue weighted by atomic mass is 10.2. The number of halogens is 2. The number of hydrogen-bond acceptors (Lipinski definition) is 3. The van der Waals surface area contributed by atoms with Crippen LogP contribution in [-0.2, 0) is 9.59 Å². The molecule has 0 bridgehead atoms. The molecule has 0 saturated heterocycles. The van der Waals surface area contributed by atoms with Gasteiger partial charge in [-0.25, -0.2) is 0 Å². The summed E-state index contributed by atoms with van der Waals surface area (Å²) in [6, 6.07) is 13.8. The fraction of sp³-hybridized carbons (Fsp3) is 0.222. The normalized spacial score (nSPS) is 11.9. The van der Waals surface area contributed by atoms with Gasteiger partial charge in [-0.3, -0.25) is 14.5 Å². The van der Waals surface area contributed by atoms with Crippen molar-refractivity contribution in [2.75, 3.05) is 24.2 Å². The van der Waals surface area contributed by atoms with Gasteiger partial charge in [-0.1, -0.05) is 39.7 Å². The Hall–Kier alpha value is -1.89. The molecular formula is C18H19BrClN3O2. The number of benzene rings is 2. The first-order valence-electron chi connectivity index (χ1n) is 7.68. The van der Waals surface area contributed by atoms with Crippen LogP contribution >= 0.6 is 27.5 Å². The standard InChI is InChI=1S/C18H19BrClN3O2/c1-12(18(25)21-14-9-7-13(19)8-10-14)23(2)11-17(24)22-16-6-4-3-5-15(16)20/h3-10,12H,11H2,1-2H3,(H,21,25)(H,22,24)/t12-/m1/s1. The molecule has 5 nitrogen and oxygen atoms in total. The molecule has 132 valence electrons. The van der Waals surface area contributed by atoms with Crippen LogP contribution in [-0.4, -0.2) is 36.3 Å². The van der Waals surface area contributed by atoms with E-state index < -0.39 is 6.04 Å². The molecule has 2 aromatic rings. The molecule has 1 atom stereocenters. The van der Waals surface area contributed by atoms with Crippen LogP contribution in [0.25, 0.3) is 0 Å². The van der Waals surface area contributed by atoms with Crippen molar-refractivity contribution in [3.63, 3.8) is 0 Å². The summed E-state index contributed by atoms with van der Waals surface area (Å²) in [6.07, 6.45) is 0. The average Bonchev–Trinajstić information content (AvgIpc) is 2.58. The summed E-state index contributed by atoms with van der Waals surface area (Å²) in [5.74, 6) is -0.422. The molecule has 0 unspecified atom stereocenters. The van der Waals surface area contributed by atoms with Gasteiger partial charge in [0.05, 0.1) is 23.3 Å². The number of amides is 2. The maximum Gasteiger partial charge on any atom is 0.241 e. The maximum absolute atomic E-state index is 12.3. The number of likely N-dealkylation sites (N-methyl/N-ethyl adjacent to an activating group) is 1. The molecule has 0 fully saturated rings. The van der Waals surface area contributed by atoms with Gasteiger partial charge in [0, 0.05) is 10.2 Å². The molecule has 2 amide bonds. The molecule has 0 aliphatic carbocycles. The molecule has 0 aliphatic heterocycles. The van der Waals surface area contributed by atoms with E-state index in [2.05, 4.69) is 26.6 Å². The van der Waals surface area contributed by atoms with Crippen LogP contribution in [0.1, 0.15) is 6.92 Å². The first-order chi connectivity index (χ1) is 11.9. The largest absolute Gasteiger partial charge is 0.325 e. The van der Waals surface area contributed by atoms with Crippen LogP contribution in [0.15, 0.2) is 53.0 Å². The number of hydrogen-bond donors (Lipinski definition) is 2. The minimum absolute atomic E-state index is 0.0696. The van der Waals surface area contributed by atoms with Gasteiger partial charge in [0.15, 0.2) is 0 Å². The highest BCUT2D eigenvalue weighted by atomic mass is 79.9. The van der Waals surface area contributed by atoms with E-state index in [-0.39, 0.29) is 18.4 Å². The second-order valence-electron chi connectivity index (χ2n) is 5.62. The third-order valence-electron chi connectivity index (χ3n) is 3.69. The molecule has 2 aromatic carbocycles. The Kier molecular flexibility index (Phi) is 6.99. The van der Waals surface area contributed by atoms with Gasteiger partial charge in [-0.05, 0) is 50.4 Å². The lowest BCUT2D eigenvalue weighted by Gasteiger charge is -2.23. The van der Waals surface area contributed by atoms with Crippen LogP contribution in [0, 0.1) is 0 Å². The van der Waals surface area contributed by atoms with E-state index in [0.29, 0.717) is 16.4 Å². The predicted octanol–water partition coefficient (Wildman–Crippen LogP) is 4.00. The summed E-state index contributed by atoms with van der Waals surface area (Å²) in [4.78, 5) is 26.1. The number of anilines is 2. The van der Waals surface area contributed by atoms with E-state index in [1.165, 1.54) is 0 Å². The second-order valence-corrected chi connectivity index (χ2v) is 6.94. The molecule has 0 heterocycles.